The molecule has 0 aliphatic carbocycles. The molecule has 0 aliphatic heterocycles. The summed E-state index contributed by atoms with van der Waals surface area (Å²) in [5.74, 6) is 0.683. The van der Waals surface area contributed by atoms with Gasteiger partial charge in [0.25, 0.3) is 0 Å². The van der Waals surface area contributed by atoms with Gasteiger partial charge in [0, 0.05) is 11.4 Å². The first-order valence-electron chi connectivity index (χ1n) is 6.84. The highest BCUT2D eigenvalue weighted by Gasteiger charge is 2.05. The number of amides is 1. The number of carbonyl (C=O) groups excluding carboxylic acids is 1. The molecule has 2 aromatic rings. The molecule has 0 aromatic heterocycles. The Hall–Kier alpha value is -2.49. The van der Waals surface area contributed by atoms with Crippen molar-refractivity contribution >= 4 is 17.3 Å². The molecule has 0 radical (unpaired) electrons. The Morgan fingerprint density at radius 3 is 2.48 bits per heavy atom. The van der Waals surface area contributed by atoms with E-state index >= 15 is 0 Å². The van der Waals surface area contributed by atoms with Gasteiger partial charge in [0.2, 0.25) is 5.91 Å². The number of hydrogen-bond donors (Lipinski definition) is 2. The highest BCUT2D eigenvalue weighted by Crippen LogP contribution is 2.18. The van der Waals surface area contributed by atoms with Crippen molar-refractivity contribution in [3.8, 4) is 5.75 Å². The second kappa shape index (κ2) is 6.79. The summed E-state index contributed by atoms with van der Waals surface area (Å²) < 4.78 is 5.08. The van der Waals surface area contributed by atoms with Gasteiger partial charge in [0.1, 0.15) is 5.75 Å². The number of nitrogens with one attached hydrogen (secondary N) is 2. The minimum Gasteiger partial charge on any atom is -0.497 e. The maximum absolute atomic E-state index is 11.9. The molecule has 110 valence electrons. The summed E-state index contributed by atoms with van der Waals surface area (Å²) >= 11 is 0. The fourth-order valence-corrected chi connectivity index (χ4v) is 2.00. The van der Waals surface area contributed by atoms with Crippen molar-refractivity contribution in [3.05, 3.63) is 53.6 Å². The lowest BCUT2D eigenvalue weighted by Gasteiger charge is -2.11. The first-order chi connectivity index (χ1) is 10.1. The third kappa shape index (κ3) is 3.99. The van der Waals surface area contributed by atoms with Crippen molar-refractivity contribution in [1.29, 1.82) is 0 Å². The Labute approximate surface area is 125 Å². The molecule has 1 amide bonds. The van der Waals surface area contributed by atoms with Crippen molar-refractivity contribution < 1.29 is 9.53 Å². The van der Waals surface area contributed by atoms with E-state index < -0.39 is 0 Å². The number of ether oxygens (including phenoxy) is 1. The minimum absolute atomic E-state index is 0.0823. The van der Waals surface area contributed by atoms with Gasteiger partial charge in [-0.05, 0) is 55.3 Å². The smallest absolute Gasteiger partial charge is 0.243 e. The van der Waals surface area contributed by atoms with Gasteiger partial charge < -0.3 is 15.4 Å². The van der Waals surface area contributed by atoms with Crippen LogP contribution in [0, 0.1) is 13.8 Å². The quantitative estimate of drug-likeness (QED) is 0.885. The third-order valence-electron chi connectivity index (χ3n) is 3.42. The fraction of sp³-hybridized carbons (Fsp3) is 0.235. The lowest BCUT2D eigenvalue weighted by molar-refractivity contribution is -0.114. The van der Waals surface area contributed by atoms with Crippen LogP contribution >= 0.6 is 0 Å². The molecule has 21 heavy (non-hydrogen) atoms. The van der Waals surface area contributed by atoms with E-state index in [-0.39, 0.29) is 12.5 Å². The van der Waals surface area contributed by atoms with E-state index in [4.69, 9.17) is 4.74 Å². The Kier molecular flexibility index (Phi) is 4.82. The standard InChI is InChI=1S/C17H20N2O2/c1-12-5-4-6-16(13(12)2)18-11-17(20)19-14-7-9-15(21-3)10-8-14/h4-10,18H,11H2,1-3H3,(H,19,20). The molecule has 0 unspecified atom stereocenters. The summed E-state index contributed by atoms with van der Waals surface area (Å²) in [5.41, 5.74) is 4.11. The van der Waals surface area contributed by atoms with Crippen LogP contribution < -0.4 is 15.4 Å². The SMILES string of the molecule is COc1ccc(NC(=O)CNc2cccc(C)c2C)cc1. The molecule has 0 atom stereocenters. The topological polar surface area (TPSA) is 50.4 Å². The summed E-state index contributed by atoms with van der Waals surface area (Å²) in [5, 5.41) is 6.00. The first kappa shape index (κ1) is 14.9. The zero-order valence-electron chi connectivity index (χ0n) is 12.6. The van der Waals surface area contributed by atoms with Gasteiger partial charge in [-0.15, -0.1) is 0 Å². The second-order valence-corrected chi connectivity index (χ2v) is 4.88. The van der Waals surface area contributed by atoms with E-state index in [0.717, 1.165) is 22.7 Å². The number of benzene rings is 2. The monoisotopic (exact) mass is 284 g/mol. The lowest BCUT2D eigenvalue weighted by Crippen LogP contribution is -2.22. The summed E-state index contributed by atoms with van der Waals surface area (Å²) in [6.07, 6.45) is 0. The van der Waals surface area contributed by atoms with Crippen LogP contribution in [0.25, 0.3) is 0 Å². The molecular weight excluding hydrogens is 264 g/mol. The molecular formula is C17H20N2O2. The largest absolute Gasteiger partial charge is 0.497 e. The Morgan fingerprint density at radius 1 is 1.10 bits per heavy atom. The van der Waals surface area contributed by atoms with Crippen LogP contribution in [0.15, 0.2) is 42.5 Å². The van der Waals surface area contributed by atoms with Crippen LogP contribution in [0.1, 0.15) is 11.1 Å². The zero-order valence-corrected chi connectivity index (χ0v) is 12.6. The van der Waals surface area contributed by atoms with Crippen LogP contribution in [0.4, 0.5) is 11.4 Å². The minimum atomic E-state index is -0.0823. The van der Waals surface area contributed by atoms with Crippen molar-refractivity contribution in [2.24, 2.45) is 0 Å². The van der Waals surface area contributed by atoms with E-state index in [1.807, 2.05) is 43.3 Å². The molecule has 2 aromatic carbocycles. The van der Waals surface area contributed by atoms with Crippen molar-refractivity contribution in [2.75, 3.05) is 24.3 Å². The molecule has 4 heteroatoms. The van der Waals surface area contributed by atoms with Crippen LogP contribution in [0.2, 0.25) is 0 Å². The number of anilines is 2. The van der Waals surface area contributed by atoms with Crippen molar-refractivity contribution in [3.63, 3.8) is 0 Å². The van der Waals surface area contributed by atoms with Crippen molar-refractivity contribution in [2.45, 2.75) is 13.8 Å². The van der Waals surface area contributed by atoms with E-state index in [0.29, 0.717) is 0 Å². The lowest BCUT2D eigenvalue weighted by atomic mass is 10.1. The number of rotatable bonds is 5. The third-order valence-corrected chi connectivity index (χ3v) is 3.42. The molecule has 0 spiro atoms. The van der Waals surface area contributed by atoms with Gasteiger partial charge in [-0.25, -0.2) is 0 Å². The molecule has 0 heterocycles. The van der Waals surface area contributed by atoms with E-state index in [1.165, 1.54) is 5.56 Å². The Morgan fingerprint density at radius 2 is 1.81 bits per heavy atom. The number of carbonyl (C=O) groups is 1. The summed E-state index contributed by atoms with van der Waals surface area (Å²) in [6, 6.07) is 13.3. The maximum atomic E-state index is 11.9. The van der Waals surface area contributed by atoms with E-state index in [9.17, 15) is 4.79 Å². The molecule has 0 saturated heterocycles. The average Bonchev–Trinajstić information content (AvgIpc) is 2.49. The summed E-state index contributed by atoms with van der Waals surface area (Å²) in [6.45, 7) is 4.33. The molecule has 0 fully saturated rings. The number of aryl methyl sites for hydroxylation is 1. The molecule has 4 nitrogen and oxygen atoms in total. The Bertz CT molecular complexity index is 621. The van der Waals surface area contributed by atoms with Crippen LogP contribution in [-0.2, 0) is 4.79 Å². The van der Waals surface area contributed by atoms with Gasteiger partial charge >= 0.3 is 0 Å². The van der Waals surface area contributed by atoms with Gasteiger partial charge in [-0.1, -0.05) is 12.1 Å². The molecule has 0 aliphatic rings. The molecule has 0 saturated carbocycles. The zero-order chi connectivity index (χ0) is 15.2. The van der Waals surface area contributed by atoms with Gasteiger partial charge in [0.15, 0.2) is 0 Å². The van der Waals surface area contributed by atoms with E-state index in [2.05, 4.69) is 23.6 Å². The fourth-order valence-electron chi connectivity index (χ4n) is 2.00. The second-order valence-electron chi connectivity index (χ2n) is 4.88. The van der Waals surface area contributed by atoms with Gasteiger partial charge in [0.05, 0.1) is 13.7 Å². The number of hydrogen-bond acceptors (Lipinski definition) is 3. The maximum Gasteiger partial charge on any atom is 0.243 e. The normalized spacial score (nSPS) is 10.0. The highest BCUT2D eigenvalue weighted by molar-refractivity contribution is 5.93. The van der Waals surface area contributed by atoms with Crippen LogP contribution in [0.5, 0.6) is 5.75 Å². The predicted molar refractivity (Wildman–Crippen MR) is 86.0 cm³/mol. The van der Waals surface area contributed by atoms with Gasteiger partial charge in [-0.3, -0.25) is 4.79 Å². The van der Waals surface area contributed by atoms with Gasteiger partial charge in [-0.2, -0.15) is 0 Å². The Balaban J connectivity index is 1.91. The van der Waals surface area contributed by atoms with E-state index in [1.54, 1.807) is 7.11 Å². The van der Waals surface area contributed by atoms with Crippen LogP contribution in [0.3, 0.4) is 0 Å². The highest BCUT2D eigenvalue weighted by atomic mass is 16.5. The van der Waals surface area contributed by atoms with Crippen molar-refractivity contribution in [1.82, 2.24) is 0 Å². The molecule has 0 bridgehead atoms. The molecule has 2 N–H and O–H groups in total. The summed E-state index contributed by atoms with van der Waals surface area (Å²) in [4.78, 5) is 11.9. The van der Waals surface area contributed by atoms with Crippen LogP contribution in [-0.4, -0.2) is 19.6 Å². The average molecular weight is 284 g/mol. The summed E-state index contributed by atoms with van der Waals surface area (Å²) in [7, 11) is 1.61. The molecule has 2 rings (SSSR count). The predicted octanol–water partition coefficient (Wildman–Crippen LogP) is 3.36. The number of methoxy groups -OCH3 is 1. The first-order valence-corrected chi connectivity index (χ1v) is 6.84.